The molecule has 19 heavy (non-hydrogen) atoms. The standard InChI is InChI=1S/C17H16O2/c1-3-11-19-16-10-9-13(2)12-15(16)17(18)14-7-5-4-6-8-14/h3-10,12H,1,11H2,2H3. The average molecular weight is 252 g/mol. The Bertz CT molecular complexity index is 585. The van der Waals surface area contributed by atoms with Gasteiger partial charge < -0.3 is 4.74 Å². The van der Waals surface area contributed by atoms with Gasteiger partial charge >= 0.3 is 0 Å². The van der Waals surface area contributed by atoms with Crippen LogP contribution in [-0.2, 0) is 0 Å². The van der Waals surface area contributed by atoms with E-state index in [1.807, 2.05) is 55.5 Å². The lowest BCUT2D eigenvalue weighted by molar-refractivity contribution is 0.103. The van der Waals surface area contributed by atoms with E-state index < -0.39 is 0 Å². The Morgan fingerprint density at radius 1 is 1.21 bits per heavy atom. The molecule has 0 bridgehead atoms. The molecule has 0 saturated heterocycles. The van der Waals surface area contributed by atoms with Gasteiger partial charge in [0.1, 0.15) is 12.4 Å². The predicted molar refractivity (Wildman–Crippen MR) is 76.7 cm³/mol. The zero-order valence-corrected chi connectivity index (χ0v) is 10.9. The van der Waals surface area contributed by atoms with Crippen LogP contribution in [0.3, 0.4) is 0 Å². The molecule has 96 valence electrons. The van der Waals surface area contributed by atoms with Gasteiger partial charge in [0.25, 0.3) is 0 Å². The van der Waals surface area contributed by atoms with Gasteiger partial charge in [-0.25, -0.2) is 0 Å². The zero-order valence-electron chi connectivity index (χ0n) is 10.9. The minimum atomic E-state index is -0.0247. The fourth-order valence-electron chi connectivity index (χ4n) is 1.84. The van der Waals surface area contributed by atoms with Crippen LogP contribution in [0.2, 0.25) is 0 Å². The summed E-state index contributed by atoms with van der Waals surface area (Å²) in [5.74, 6) is 0.572. The maximum Gasteiger partial charge on any atom is 0.196 e. The summed E-state index contributed by atoms with van der Waals surface area (Å²) < 4.78 is 5.55. The molecule has 0 fully saturated rings. The molecule has 0 unspecified atom stereocenters. The highest BCUT2D eigenvalue weighted by Gasteiger charge is 2.14. The first-order chi connectivity index (χ1) is 9.22. The summed E-state index contributed by atoms with van der Waals surface area (Å²) in [6, 6.07) is 14.8. The lowest BCUT2D eigenvalue weighted by atomic mass is 10.0. The number of hydrogen-bond acceptors (Lipinski definition) is 2. The largest absolute Gasteiger partial charge is 0.489 e. The van der Waals surface area contributed by atoms with Gasteiger partial charge in [0, 0.05) is 5.56 Å². The van der Waals surface area contributed by atoms with E-state index >= 15 is 0 Å². The van der Waals surface area contributed by atoms with Crippen LogP contribution in [0.4, 0.5) is 0 Å². The van der Waals surface area contributed by atoms with E-state index in [0.29, 0.717) is 23.5 Å². The lowest BCUT2D eigenvalue weighted by Crippen LogP contribution is -2.06. The first-order valence-corrected chi connectivity index (χ1v) is 6.16. The molecule has 2 aromatic rings. The summed E-state index contributed by atoms with van der Waals surface area (Å²) in [5, 5.41) is 0. The fourth-order valence-corrected chi connectivity index (χ4v) is 1.84. The zero-order chi connectivity index (χ0) is 13.7. The van der Waals surface area contributed by atoms with Gasteiger partial charge in [0.2, 0.25) is 0 Å². The second kappa shape index (κ2) is 6.01. The van der Waals surface area contributed by atoms with Crippen molar-refractivity contribution >= 4 is 5.78 Å². The number of ketones is 1. The van der Waals surface area contributed by atoms with Crippen LogP contribution in [-0.4, -0.2) is 12.4 Å². The van der Waals surface area contributed by atoms with E-state index in [9.17, 15) is 4.79 Å². The Morgan fingerprint density at radius 3 is 2.63 bits per heavy atom. The number of carbonyl (C=O) groups excluding carboxylic acids is 1. The van der Waals surface area contributed by atoms with Crippen molar-refractivity contribution in [3.63, 3.8) is 0 Å². The average Bonchev–Trinajstić information content (AvgIpc) is 2.46. The van der Waals surface area contributed by atoms with Crippen LogP contribution in [0.15, 0.2) is 61.2 Å². The molecule has 2 aromatic carbocycles. The van der Waals surface area contributed by atoms with Crippen molar-refractivity contribution < 1.29 is 9.53 Å². The van der Waals surface area contributed by atoms with Crippen molar-refractivity contribution in [3.8, 4) is 5.75 Å². The predicted octanol–water partition coefficient (Wildman–Crippen LogP) is 3.79. The maximum absolute atomic E-state index is 12.5. The molecule has 0 atom stereocenters. The van der Waals surface area contributed by atoms with E-state index in [-0.39, 0.29) is 5.78 Å². The van der Waals surface area contributed by atoms with E-state index in [1.54, 1.807) is 6.08 Å². The molecule has 2 heteroatoms. The highest BCUT2D eigenvalue weighted by molar-refractivity contribution is 6.10. The van der Waals surface area contributed by atoms with Crippen LogP contribution in [0, 0.1) is 6.92 Å². The third-order valence-electron chi connectivity index (χ3n) is 2.77. The molecular weight excluding hydrogens is 236 g/mol. The summed E-state index contributed by atoms with van der Waals surface area (Å²) in [6.45, 7) is 5.96. The van der Waals surface area contributed by atoms with Crippen molar-refractivity contribution in [1.29, 1.82) is 0 Å². The summed E-state index contributed by atoms with van der Waals surface area (Å²) in [5.41, 5.74) is 2.29. The van der Waals surface area contributed by atoms with E-state index in [0.717, 1.165) is 5.56 Å². The first kappa shape index (κ1) is 13.1. The second-order valence-corrected chi connectivity index (χ2v) is 4.29. The molecule has 2 nitrogen and oxygen atoms in total. The summed E-state index contributed by atoms with van der Waals surface area (Å²) >= 11 is 0. The van der Waals surface area contributed by atoms with Gasteiger partial charge in [-0.1, -0.05) is 54.6 Å². The molecule has 2 rings (SSSR count). The van der Waals surface area contributed by atoms with Gasteiger partial charge in [-0.3, -0.25) is 4.79 Å². The van der Waals surface area contributed by atoms with Crippen molar-refractivity contribution in [2.75, 3.05) is 6.61 Å². The van der Waals surface area contributed by atoms with Crippen molar-refractivity contribution in [3.05, 3.63) is 77.9 Å². The van der Waals surface area contributed by atoms with Crippen LogP contribution in [0.1, 0.15) is 21.5 Å². The number of aryl methyl sites for hydroxylation is 1. The first-order valence-electron chi connectivity index (χ1n) is 6.16. The van der Waals surface area contributed by atoms with Crippen LogP contribution >= 0.6 is 0 Å². The van der Waals surface area contributed by atoms with Gasteiger partial charge in [0.05, 0.1) is 5.56 Å². The molecule has 0 amide bonds. The number of carbonyl (C=O) groups is 1. The quantitative estimate of drug-likeness (QED) is 0.597. The fraction of sp³-hybridized carbons (Fsp3) is 0.118. The van der Waals surface area contributed by atoms with E-state index in [1.165, 1.54) is 0 Å². The molecule has 0 aromatic heterocycles. The lowest BCUT2D eigenvalue weighted by Gasteiger charge is -2.10. The maximum atomic E-state index is 12.5. The smallest absolute Gasteiger partial charge is 0.196 e. The highest BCUT2D eigenvalue weighted by Crippen LogP contribution is 2.23. The number of benzene rings is 2. The van der Waals surface area contributed by atoms with Gasteiger partial charge in [-0.2, -0.15) is 0 Å². The van der Waals surface area contributed by atoms with Crippen molar-refractivity contribution in [2.45, 2.75) is 6.92 Å². The van der Waals surface area contributed by atoms with E-state index in [4.69, 9.17) is 4.74 Å². The van der Waals surface area contributed by atoms with Crippen molar-refractivity contribution in [1.82, 2.24) is 0 Å². The minimum Gasteiger partial charge on any atom is -0.489 e. The van der Waals surface area contributed by atoms with Gasteiger partial charge in [0.15, 0.2) is 5.78 Å². The third-order valence-corrected chi connectivity index (χ3v) is 2.77. The third kappa shape index (κ3) is 3.10. The Kier molecular flexibility index (Phi) is 4.14. The molecule has 0 aliphatic carbocycles. The van der Waals surface area contributed by atoms with E-state index in [2.05, 4.69) is 6.58 Å². The summed E-state index contributed by atoms with van der Waals surface area (Å²) in [7, 11) is 0. The SMILES string of the molecule is C=CCOc1ccc(C)cc1C(=O)c1ccccc1. The van der Waals surface area contributed by atoms with Crippen LogP contribution in [0.5, 0.6) is 5.75 Å². The van der Waals surface area contributed by atoms with Gasteiger partial charge in [-0.05, 0) is 19.1 Å². The van der Waals surface area contributed by atoms with Gasteiger partial charge in [-0.15, -0.1) is 0 Å². The van der Waals surface area contributed by atoms with Crippen LogP contribution in [0.25, 0.3) is 0 Å². The summed E-state index contributed by atoms with van der Waals surface area (Å²) in [6.07, 6.45) is 1.66. The molecule has 0 saturated carbocycles. The number of rotatable bonds is 5. The summed E-state index contributed by atoms with van der Waals surface area (Å²) in [4.78, 5) is 12.5. The second-order valence-electron chi connectivity index (χ2n) is 4.29. The van der Waals surface area contributed by atoms with Crippen molar-refractivity contribution in [2.24, 2.45) is 0 Å². The Hall–Kier alpha value is -2.35. The number of hydrogen-bond donors (Lipinski definition) is 0. The Balaban J connectivity index is 2.39. The normalized spacial score (nSPS) is 9.95. The van der Waals surface area contributed by atoms with Crippen LogP contribution < -0.4 is 4.74 Å². The highest BCUT2D eigenvalue weighted by atomic mass is 16.5. The molecule has 0 N–H and O–H groups in total. The Morgan fingerprint density at radius 2 is 1.95 bits per heavy atom. The molecule has 0 aliphatic heterocycles. The Labute approximate surface area is 113 Å². The topological polar surface area (TPSA) is 26.3 Å². The molecule has 0 aliphatic rings. The number of ether oxygens (including phenoxy) is 1. The monoisotopic (exact) mass is 252 g/mol. The molecule has 0 radical (unpaired) electrons. The minimum absolute atomic E-state index is 0.0247. The molecule has 0 spiro atoms. The molecular formula is C17H16O2. The molecule has 0 heterocycles.